The number of ether oxygens (including phenoxy) is 1. The quantitative estimate of drug-likeness (QED) is 0.754. The molecule has 1 aliphatic heterocycles. The normalized spacial score (nSPS) is 27.0. The smallest absolute Gasteiger partial charge is 0.200 e. The first-order valence-electron chi connectivity index (χ1n) is 7.04. The zero-order valence-corrected chi connectivity index (χ0v) is 13.0. The van der Waals surface area contributed by atoms with Gasteiger partial charge in [-0.2, -0.15) is 4.39 Å². The van der Waals surface area contributed by atoms with Crippen LogP contribution in [0, 0.1) is 11.6 Å². The van der Waals surface area contributed by atoms with E-state index in [9.17, 15) is 24.1 Å². The molecule has 0 saturated carbocycles. The number of halogens is 2. The van der Waals surface area contributed by atoms with Gasteiger partial charge in [0.25, 0.3) is 0 Å². The lowest BCUT2D eigenvalue weighted by molar-refractivity contribution is -0.0790. The van der Waals surface area contributed by atoms with Crippen LogP contribution in [-0.4, -0.2) is 54.8 Å². The van der Waals surface area contributed by atoms with Gasteiger partial charge in [-0.1, -0.05) is 0 Å². The highest BCUT2D eigenvalue weighted by atomic mass is 32.2. The van der Waals surface area contributed by atoms with E-state index < -0.39 is 41.1 Å². The fourth-order valence-corrected chi connectivity index (χ4v) is 3.39. The molecule has 0 spiro atoms. The molecular formula is C15H14F2N2O4S. The van der Waals surface area contributed by atoms with Gasteiger partial charge in [-0.25, -0.2) is 14.4 Å². The van der Waals surface area contributed by atoms with Crippen molar-refractivity contribution in [3.05, 3.63) is 42.5 Å². The van der Waals surface area contributed by atoms with Gasteiger partial charge < -0.3 is 20.1 Å². The molecule has 1 fully saturated rings. The van der Waals surface area contributed by atoms with Crippen LogP contribution in [-0.2, 0) is 0 Å². The molecule has 3 rings (SSSR count). The molecule has 3 N–H and O–H groups in total. The molecule has 0 aliphatic carbocycles. The second kappa shape index (κ2) is 6.98. The Morgan fingerprint density at radius 2 is 1.75 bits per heavy atom. The zero-order valence-electron chi connectivity index (χ0n) is 12.2. The molecule has 0 unspecified atom stereocenters. The van der Waals surface area contributed by atoms with Gasteiger partial charge in [0.15, 0.2) is 17.0 Å². The van der Waals surface area contributed by atoms with Crippen LogP contribution in [0.5, 0.6) is 5.75 Å². The Kier molecular flexibility index (Phi) is 4.95. The van der Waals surface area contributed by atoms with Crippen molar-refractivity contribution in [3.8, 4) is 16.9 Å². The lowest BCUT2D eigenvalue weighted by atomic mass is 10.1. The fourth-order valence-electron chi connectivity index (χ4n) is 2.27. The van der Waals surface area contributed by atoms with Crippen molar-refractivity contribution in [2.24, 2.45) is 0 Å². The van der Waals surface area contributed by atoms with E-state index in [1.165, 1.54) is 24.8 Å². The lowest BCUT2D eigenvalue weighted by Crippen LogP contribution is -2.50. The third-order valence-electron chi connectivity index (χ3n) is 3.59. The molecule has 1 aliphatic rings. The molecule has 6 nitrogen and oxygen atoms in total. The number of thioether (sulfide) groups is 1. The summed E-state index contributed by atoms with van der Waals surface area (Å²) in [6, 6.07) is 2.26. The first-order chi connectivity index (χ1) is 11.5. The van der Waals surface area contributed by atoms with Crippen LogP contribution >= 0.6 is 11.8 Å². The number of aromatic nitrogens is 2. The molecule has 9 heteroatoms. The molecule has 0 bridgehead atoms. The minimum absolute atomic E-state index is 0.0964. The summed E-state index contributed by atoms with van der Waals surface area (Å²) in [5.74, 6) is -2.64. The van der Waals surface area contributed by atoms with E-state index in [1.807, 2.05) is 0 Å². The zero-order chi connectivity index (χ0) is 17.3. The van der Waals surface area contributed by atoms with Crippen LogP contribution in [0.3, 0.4) is 0 Å². The van der Waals surface area contributed by atoms with Crippen LogP contribution in [0.1, 0.15) is 0 Å². The molecule has 1 saturated heterocycles. The standard InChI is InChI=1S/C15H14F2N2O4S/c16-9-1-7(8-3-18-6-19-4-8)2-11(12(9)17)23-15-14(22)13(21)10(20)5-24-15/h1-4,6,10,13-15,20-22H,5H2/t10-,13+,14-,15-/m1/s1. The predicted molar refractivity (Wildman–Crippen MR) is 82.3 cm³/mol. The number of aliphatic hydroxyl groups is 3. The molecule has 1 aromatic heterocycles. The van der Waals surface area contributed by atoms with Crippen molar-refractivity contribution in [3.63, 3.8) is 0 Å². The number of rotatable bonds is 3. The number of benzene rings is 1. The van der Waals surface area contributed by atoms with Crippen molar-refractivity contribution in [2.75, 3.05) is 5.75 Å². The average Bonchev–Trinajstić information content (AvgIpc) is 2.59. The number of hydrogen-bond donors (Lipinski definition) is 3. The van der Waals surface area contributed by atoms with Crippen molar-refractivity contribution in [1.82, 2.24) is 9.97 Å². The molecule has 128 valence electrons. The number of aliphatic hydroxyl groups excluding tert-OH is 3. The van der Waals surface area contributed by atoms with Crippen molar-refractivity contribution < 1.29 is 28.8 Å². The summed E-state index contributed by atoms with van der Waals surface area (Å²) < 4.78 is 33.2. The van der Waals surface area contributed by atoms with Crippen molar-refractivity contribution in [1.29, 1.82) is 0 Å². The third kappa shape index (κ3) is 3.34. The Labute approximate surface area is 140 Å². The molecule has 2 aromatic rings. The maximum Gasteiger partial charge on any atom is 0.200 e. The monoisotopic (exact) mass is 356 g/mol. The van der Waals surface area contributed by atoms with Crippen molar-refractivity contribution >= 4 is 11.8 Å². The minimum Gasteiger partial charge on any atom is -0.474 e. The predicted octanol–water partition coefficient (Wildman–Crippen LogP) is 0.956. The number of hydrogen-bond acceptors (Lipinski definition) is 7. The van der Waals surface area contributed by atoms with E-state index in [1.54, 1.807) is 0 Å². The van der Waals surface area contributed by atoms with E-state index in [0.717, 1.165) is 17.8 Å². The molecular weight excluding hydrogens is 342 g/mol. The van der Waals surface area contributed by atoms with Crippen LogP contribution < -0.4 is 4.74 Å². The van der Waals surface area contributed by atoms with Crippen molar-refractivity contribution in [2.45, 2.75) is 23.7 Å². The second-order valence-corrected chi connectivity index (χ2v) is 6.40. The van der Waals surface area contributed by atoms with E-state index in [-0.39, 0.29) is 5.75 Å². The van der Waals surface area contributed by atoms with Gasteiger partial charge in [0.1, 0.15) is 18.5 Å². The maximum atomic E-state index is 14.0. The Morgan fingerprint density at radius 1 is 1.04 bits per heavy atom. The van der Waals surface area contributed by atoms with E-state index in [0.29, 0.717) is 11.1 Å². The summed E-state index contributed by atoms with van der Waals surface area (Å²) in [7, 11) is 0. The largest absolute Gasteiger partial charge is 0.474 e. The van der Waals surface area contributed by atoms with E-state index in [2.05, 4.69) is 9.97 Å². The Hall–Kier alpha value is -1.81. The summed E-state index contributed by atoms with van der Waals surface area (Å²) in [5.41, 5.74) is -0.270. The Bertz CT molecular complexity index is 722. The van der Waals surface area contributed by atoms with E-state index in [4.69, 9.17) is 4.74 Å². The minimum atomic E-state index is -1.44. The highest BCUT2D eigenvalue weighted by molar-refractivity contribution is 7.99. The maximum absolute atomic E-state index is 14.0. The summed E-state index contributed by atoms with van der Waals surface area (Å²) >= 11 is 0.998. The molecule has 0 radical (unpaired) electrons. The highest BCUT2D eigenvalue weighted by Gasteiger charge is 2.39. The molecule has 24 heavy (non-hydrogen) atoms. The van der Waals surface area contributed by atoms with Gasteiger partial charge in [-0.15, -0.1) is 11.8 Å². The first kappa shape index (κ1) is 17.0. The molecule has 1 aromatic carbocycles. The van der Waals surface area contributed by atoms with Gasteiger partial charge in [0.05, 0.1) is 6.10 Å². The molecule has 4 atom stereocenters. The van der Waals surface area contributed by atoms with Crippen LogP contribution in [0.25, 0.3) is 11.1 Å². The lowest BCUT2D eigenvalue weighted by Gasteiger charge is -2.34. The third-order valence-corrected chi connectivity index (χ3v) is 4.82. The van der Waals surface area contributed by atoms with E-state index >= 15 is 0 Å². The second-order valence-electron chi connectivity index (χ2n) is 5.27. The fraction of sp³-hybridized carbons (Fsp3) is 0.333. The van der Waals surface area contributed by atoms with Gasteiger partial charge in [0.2, 0.25) is 5.82 Å². The SMILES string of the molecule is O[C@@H]1[C@@H](O)[C@H](Oc2cc(-c3cncnc3)cc(F)c2F)SC[C@H]1O. The first-order valence-corrected chi connectivity index (χ1v) is 8.09. The summed E-state index contributed by atoms with van der Waals surface area (Å²) in [5, 5.41) is 29.1. The Balaban J connectivity index is 1.89. The van der Waals surface area contributed by atoms with Gasteiger partial charge in [0, 0.05) is 23.7 Å². The molecule has 2 heterocycles. The van der Waals surface area contributed by atoms with Gasteiger partial charge in [-0.05, 0) is 17.7 Å². The Morgan fingerprint density at radius 3 is 2.46 bits per heavy atom. The topological polar surface area (TPSA) is 95.7 Å². The van der Waals surface area contributed by atoms with Gasteiger partial charge in [-0.3, -0.25) is 0 Å². The van der Waals surface area contributed by atoms with Gasteiger partial charge >= 0.3 is 0 Å². The van der Waals surface area contributed by atoms with Crippen LogP contribution in [0.2, 0.25) is 0 Å². The average molecular weight is 356 g/mol. The summed E-state index contributed by atoms with van der Waals surface area (Å²) in [6.07, 6.45) is 0.211. The number of nitrogens with zero attached hydrogens (tertiary/aromatic N) is 2. The van der Waals surface area contributed by atoms with Crippen LogP contribution in [0.4, 0.5) is 8.78 Å². The summed E-state index contributed by atoms with van der Waals surface area (Å²) in [4.78, 5) is 7.63. The molecule has 0 amide bonds. The van der Waals surface area contributed by atoms with Crippen LogP contribution in [0.15, 0.2) is 30.9 Å². The highest BCUT2D eigenvalue weighted by Crippen LogP contribution is 2.33. The summed E-state index contributed by atoms with van der Waals surface area (Å²) in [6.45, 7) is 0.